The Morgan fingerprint density at radius 2 is 2.13 bits per heavy atom. The fourth-order valence-corrected chi connectivity index (χ4v) is 1.67. The molecule has 0 bridgehead atoms. The lowest BCUT2D eigenvalue weighted by Crippen LogP contribution is -1.94. The van der Waals surface area contributed by atoms with Gasteiger partial charge in [0.05, 0.1) is 11.9 Å². The van der Waals surface area contributed by atoms with E-state index in [0.717, 1.165) is 24.2 Å². The summed E-state index contributed by atoms with van der Waals surface area (Å²) < 4.78 is 5.59. The molecule has 0 aromatic carbocycles. The lowest BCUT2D eigenvalue weighted by Gasteiger charge is -2.05. The second-order valence-corrected chi connectivity index (χ2v) is 3.66. The van der Waals surface area contributed by atoms with E-state index in [1.807, 2.05) is 0 Å². The predicted octanol–water partition coefficient (Wildman–Crippen LogP) is 2.71. The summed E-state index contributed by atoms with van der Waals surface area (Å²) in [6, 6.07) is 1.79. The van der Waals surface area contributed by atoms with E-state index in [0.29, 0.717) is 17.3 Å². The Hall–Kier alpha value is -1.58. The summed E-state index contributed by atoms with van der Waals surface area (Å²) in [5, 5.41) is 0. The Morgan fingerprint density at radius 1 is 1.40 bits per heavy atom. The molecule has 0 fully saturated rings. The van der Waals surface area contributed by atoms with E-state index >= 15 is 0 Å². The van der Waals surface area contributed by atoms with Crippen LogP contribution in [0.1, 0.15) is 38.5 Å². The van der Waals surface area contributed by atoms with E-state index in [-0.39, 0.29) is 0 Å². The van der Waals surface area contributed by atoms with Crippen molar-refractivity contribution in [3.05, 3.63) is 18.2 Å². The van der Waals surface area contributed by atoms with Crippen LogP contribution in [0.3, 0.4) is 0 Å². The first-order valence-electron chi connectivity index (χ1n) is 5.26. The third-order valence-electron chi connectivity index (χ3n) is 2.62. The van der Waals surface area contributed by atoms with Gasteiger partial charge in [-0.2, -0.15) is 0 Å². The largest absolute Gasteiger partial charge is 0.422 e. The molecule has 2 rings (SSSR count). The second-order valence-electron chi connectivity index (χ2n) is 3.66. The monoisotopic (exact) mass is 205 g/mol. The molecule has 2 aromatic heterocycles. The summed E-state index contributed by atoms with van der Waals surface area (Å²) >= 11 is 0. The quantitative estimate of drug-likeness (QED) is 0.836. The Morgan fingerprint density at radius 3 is 2.80 bits per heavy atom. The van der Waals surface area contributed by atoms with Crippen molar-refractivity contribution in [3.63, 3.8) is 0 Å². The zero-order valence-corrected chi connectivity index (χ0v) is 9.03. The minimum Gasteiger partial charge on any atom is -0.422 e. The van der Waals surface area contributed by atoms with Crippen LogP contribution >= 0.6 is 0 Å². The first-order valence-corrected chi connectivity index (χ1v) is 5.26. The van der Waals surface area contributed by atoms with Crippen LogP contribution in [-0.4, -0.2) is 9.97 Å². The fourth-order valence-electron chi connectivity index (χ4n) is 1.67. The zero-order valence-electron chi connectivity index (χ0n) is 9.03. The Labute approximate surface area is 88.5 Å². The smallest absolute Gasteiger partial charge is 0.247 e. The van der Waals surface area contributed by atoms with Gasteiger partial charge in [-0.25, -0.2) is 9.97 Å². The molecule has 2 N–H and O–H groups in total. The molecule has 0 aliphatic rings. The highest BCUT2D eigenvalue weighted by atomic mass is 16.4. The van der Waals surface area contributed by atoms with E-state index < -0.39 is 0 Å². The molecular weight excluding hydrogens is 190 g/mol. The number of nitrogens with zero attached hydrogens (tertiary/aromatic N) is 2. The van der Waals surface area contributed by atoms with E-state index in [1.165, 1.54) is 0 Å². The van der Waals surface area contributed by atoms with Crippen molar-refractivity contribution >= 4 is 16.9 Å². The molecule has 0 amide bonds. The molecule has 0 atom stereocenters. The Balaban J connectivity index is 2.46. The molecule has 80 valence electrons. The molecule has 0 aliphatic heterocycles. The van der Waals surface area contributed by atoms with Crippen molar-refractivity contribution in [2.75, 3.05) is 5.73 Å². The van der Waals surface area contributed by atoms with Crippen LogP contribution < -0.4 is 5.73 Å². The number of rotatable bonds is 3. The van der Waals surface area contributed by atoms with Crippen molar-refractivity contribution < 1.29 is 4.42 Å². The van der Waals surface area contributed by atoms with Crippen LogP contribution in [0.5, 0.6) is 0 Å². The number of hydrogen-bond acceptors (Lipinski definition) is 4. The number of nitrogens with two attached hydrogens (primary N) is 1. The third-order valence-corrected chi connectivity index (χ3v) is 2.62. The lowest BCUT2D eigenvalue weighted by molar-refractivity contribution is 0.449. The highest BCUT2D eigenvalue weighted by Crippen LogP contribution is 2.25. The maximum Gasteiger partial charge on any atom is 0.247 e. The SMILES string of the molecule is CCC(CC)c1nc2cc(N)cnc2o1. The molecule has 0 spiro atoms. The number of pyridine rings is 1. The van der Waals surface area contributed by atoms with Crippen LogP contribution in [0.4, 0.5) is 5.69 Å². The summed E-state index contributed by atoms with van der Waals surface area (Å²) in [7, 11) is 0. The maximum absolute atomic E-state index is 5.63. The van der Waals surface area contributed by atoms with Crippen LogP contribution in [0, 0.1) is 0 Å². The topological polar surface area (TPSA) is 64.9 Å². The van der Waals surface area contributed by atoms with Crippen LogP contribution in [0.25, 0.3) is 11.2 Å². The number of aromatic nitrogens is 2. The van der Waals surface area contributed by atoms with Gasteiger partial charge in [0.15, 0.2) is 0 Å². The normalized spacial score (nSPS) is 11.4. The molecule has 0 saturated carbocycles. The van der Waals surface area contributed by atoms with Gasteiger partial charge < -0.3 is 10.2 Å². The minimum atomic E-state index is 0.375. The fraction of sp³-hybridized carbons (Fsp3) is 0.455. The van der Waals surface area contributed by atoms with E-state index in [1.54, 1.807) is 12.3 Å². The van der Waals surface area contributed by atoms with Crippen molar-refractivity contribution in [1.82, 2.24) is 9.97 Å². The summed E-state index contributed by atoms with van der Waals surface area (Å²) in [5.41, 5.74) is 7.57. The number of anilines is 1. The molecule has 0 saturated heterocycles. The zero-order chi connectivity index (χ0) is 10.8. The average molecular weight is 205 g/mol. The second kappa shape index (κ2) is 3.88. The number of fused-ring (bicyclic) bond motifs is 1. The highest BCUT2D eigenvalue weighted by molar-refractivity contribution is 5.71. The van der Waals surface area contributed by atoms with Gasteiger partial charge in [-0.1, -0.05) is 13.8 Å². The van der Waals surface area contributed by atoms with Gasteiger partial charge in [0.25, 0.3) is 0 Å². The highest BCUT2D eigenvalue weighted by Gasteiger charge is 2.15. The molecule has 15 heavy (non-hydrogen) atoms. The van der Waals surface area contributed by atoms with Crippen molar-refractivity contribution in [2.45, 2.75) is 32.6 Å². The molecular formula is C11H15N3O. The minimum absolute atomic E-state index is 0.375. The molecule has 2 heterocycles. The Kier molecular flexibility index (Phi) is 2.58. The van der Waals surface area contributed by atoms with Gasteiger partial charge in [0.2, 0.25) is 11.6 Å². The van der Waals surface area contributed by atoms with Gasteiger partial charge in [-0.3, -0.25) is 0 Å². The van der Waals surface area contributed by atoms with Gasteiger partial charge in [-0.15, -0.1) is 0 Å². The van der Waals surface area contributed by atoms with Gasteiger partial charge in [0.1, 0.15) is 5.52 Å². The van der Waals surface area contributed by atoms with Gasteiger partial charge >= 0.3 is 0 Å². The molecule has 0 aliphatic carbocycles. The van der Waals surface area contributed by atoms with Crippen molar-refractivity contribution in [1.29, 1.82) is 0 Å². The summed E-state index contributed by atoms with van der Waals surface area (Å²) in [6.45, 7) is 4.26. The van der Waals surface area contributed by atoms with Crippen LogP contribution in [0.15, 0.2) is 16.7 Å². The lowest BCUT2D eigenvalue weighted by atomic mass is 10.0. The van der Waals surface area contributed by atoms with E-state index in [4.69, 9.17) is 10.2 Å². The maximum atomic E-state index is 5.63. The van der Waals surface area contributed by atoms with E-state index in [2.05, 4.69) is 23.8 Å². The Bertz CT molecular complexity index is 460. The van der Waals surface area contributed by atoms with Crippen LogP contribution in [-0.2, 0) is 0 Å². The summed E-state index contributed by atoms with van der Waals surface area (Å²) in [6.07, 6.45) is 3.64. The van der Waals surface area contributed by atoms with E-state index in [9.17, 15) is 0 Å². The standard InChI is InChI=1S/C11H15N3O/c1-3-7(4-2)10-14-9-5-8(12)6-13-11(9)15-10/h5-7H,3-4,12H2,1-2H3. The predicted molar refractivity (Wildman–Crippen MR) is 59.5 cm³/mol. The number of hydrogen-bond donors (Lipinski definition) is 1. The van der Waals surface area contributed by atoms with Gasteiger partial charge in [0, 0.05) is 5.92 Å². The number of nitrogen functional groups attached to an aromatic ring is 1. The summed E-state index contributed by atoms with van der Waals surface area (Å²) in [4.78, 5) is 8.50. The van der Waals surface area contributed by atoms with Crippen molar-refractivity contribution in [3.8, 4) is 0 Å². The first kappa shape index (κ1) is 9.96. The molecule has 2 aromatic rings. The molecule has 4 nitrogen and oxygen atoms in total. The molecule has 0 radical (unpaired) electrons. The average Bonchev–Trinajstić information content (AvgIpc) is 2.62. The van der Waals surface area contributed by atoms with Crippen molar-refractivity contribution in [2.24, 2.45) is 0 Å². The first-order chi connectivity index (χ1) is 7.24. The van der Waals surface area contributed by atoms with Gasteiger partial charge in [-0.05, 0) is 18.9 Å². The van der Waals surface area contributed by atoms with Crippen LogP contribution in [0.2, 0.25) is 0 Å². The third kappa shape index (κ3) is 1.79. The summed E-state index contributed by atoms with van der Waals surface area (Å²) in [5.74, 6) is 1.15. The molecule has 4 heteroatoms. The number of oxazole rings is 1. The molecule has 0 unspecified atom stereocenters.